The van der Waals surface area contributed by atoms with Gasteiger partial charge < -0.3 is 15.2 Å². The van der Waals surface area contributed by atoms with Crippen LogP contribution in [0.2, 0.25) is 0 Å². The fourth-order valence-electron chi connectivity index (χ4n) is 1.61. The molecule has 1 aromatic rings. The first-order valence-corrected chi connectivity index (χ1v) is 6.14. The van der Waals surface area contributed by atoms with Gasteiger partial charge in [0.2, 0.25) is 5.91 Å². The zero-order valence-electron chi connectivity index (χ0n) is 11.2. The molecule has 20 heavy (non-hydrogen) atoms. The van der Waals surface area contributed by atoms with Gasteiger partial charge in [0, 0.05) is 32.0 Å². The predicted octanol–water partition coefficient (Wildman–Crippen LogP) is 0.844. The number of hydrogen-bond acceptors (Lipinski definition) is 4. The van der Waals surface area contributed by atoms with Gasteiger partial charge in [0.25, 0.3) is 0 Å². The van der Waals surface area contributed by atoms with E-state index in [-0.39, 0.29) is 24.7 Å². The summed E-state index contributed by atoms with van der Waals surface area (Å²) < 4.78 is 30.6. The van der Waals surface area contributed by atoms with Crippen molar-refractivity contribution in [2.45, 2.75) is 0 Å². The van der Waals surface area contributed by atoms with E-state index >= 15 is 0 Å². The average Bonchev–Trinajstić information content (AvgIpc) is 2.40. The lowest BCUT2D eigenvalue weighted by Gasteiger charge is -2.20. The van der Waals surface area contributed by atoms with Crippen LogP contribution in [0.4, 0.5) is 14.5 Å². The van der Waals surface area contributed by atoms with Crippen molar-refractivity contribution in [3.8, 4) is 0 Å². The normalized spacial score (nSPS) is 10.8. The Morgan fingerprint density at radius 3 is 2.70 bits per heavy atom. The van der Waals surface area contributed by atoms with Crippen LogP contribution in [-0.2, 0) is 9.53 Å². The van der Waals surface area contributed by atoms with Gasteiger partial charge in [0.05, 0.1) is 19.8 Å². The van der Waals surface area contributed by atoms with Gasteiger partial charge in [-0.2, -0.15) is 0 Å². The van der Waals surface area contributed by atoms with Crippen LogP contribution in [0.25, 0.3) is 0 Å². The summed E-state index contributed by atoms with van der Waals surface area (Å²) in [6, 6.07) is 3.14. The summed E-state index contributed by atoms with van der Waals surface area (Å²) in [5.41, 5.74) is 0.185. The largest absolute Gasteiger partial charge is 0.395 e. The van der Waals surface area contributed by atoms with Crippen LogP contribution in [0, 0.1) is 11.6 Å². The molecule has 0 fully saturated rings. The van der Waals surface area contributed by atoms with Gasteiger partial charge in [0.15, 0.2) is 11.6 Å². The number of nitrogens with zero attached hydrogens (tertiary/aromatic N) is 1. The Balaban J connectivity index is 2.53. The second-order valence-corrected chi connectivity index (χ2v) is 4.17. The molecule has 0 saturated carbocycles. The number of carbonyl (C=O) groups excluding carboxylic acids is 1. The number of methoxy groups -OCH3 is 1. The molecule has 7 heteroatoms. The summed E-state index contributed by atoms with van der Waals surface area (Å²) in [7, 11) is 1.54. The molecule has 0 spiro atoms. The Kier molecular flexibility index (Phi) is 7.06. The lowest BCUT2D eigenvalue weighted by molar-refractivity contribution is -0.117. The van der Waals surface area contributed by atoms with Crippen molar-refractivity contribution in [2.24, 2.45) is 0 Å². The van der Waals surface area contributed by atoms with E-state index in [0.717, 1.165) is 12.1 Å². The molecule has 0 aromatic heterocycles. The number of benzene rings is 1. The summed E-state index contributed by atoms with van der Waals surface area (Å²) in [5, 5.41) is 11.4. The number of aliphatic hydroxyl groups is 1. The molecule has 0 bridgehead atoms. The van der Waals surface area contributed by atoms with Crippen molar-refractivity contribution in [3.05, 3.63) is 29.8 Å². The van der Waals surface area contributed by atoms with Gasteiger partial charge in [-0.05, 0) is 12.1 Å². The maximum absolute atomic E-state index is 13.0. The second kappa shape index (κ2) is 8.57. The molecule has 0 unspecified atom stereocenters. The Morgan fingerprint density at radius 1 is 1.35 bits per heavy atom. The van der Waals surface area contributed by atoms with Gasteiger partial charge in [0.1, 0.15) is 0 Å². The second-order valence-electron chi connectivity index (χ2n) is 4.17. The van der Waals surface area contributed by atoms with E-state index in [9.17, 15) is 13.6 Å². The van der Waals surface area contributed by atoms with Crippen LogP contribution in [0.5, 0.6) is 0 Å². The fraction of sp³-hybridized carbons (Fsp3) is 0.462. The Labute approximate surface area is 116 Å². The number of ether oxygens (including phenoxy) is 1. The van der Waals surface area contributed by atoms with Gasteiger partial charge in [-0.25, -0.2) is 8.78 Å². The van der Waals surface area contributed by atoms with Crippen LogP contribution >= 0.6 is 0 Å². The minimum absolute atomic E-state index is 0.0307. The van der Waals surface area contributed by atoms with Gasteiger partial charge in [-0.3, -0.25) is 9.69 Å². The highest BCUT2D eigenvalue weighted by Gasteiger charge is 2.11. The molecule has 0 aliphatic carbocycles. The van der Waals surface area contributed by atoms with Crippen molar-refractivity contribution >= 4 is 11.6 Å². The first kappa shape index (κ1) is 16.5. The Bertz CT molecular complexity index is 444. The summed E-state index contributed by atoms with van der Waals surface area (Å²) in [4.78, 5) is 13.5. The van der Waals surface area contributed by atoms with Crippen molar-refractivity contribution in [2.75, 3.05) is 45.3 Å². The summed E-state index contributed by atoms with van der Waals surface area (Å²) in [6.45, 7) is 1.19. The third kappa shape index (κ3) is 5.60. The standard InChI is InChI=1S/C13H18F2N2O3/c1-20-7-5-17(4-6-18)9-13(19)16-10-2-3-11(14)12(15)8-10/h2-3,8,18H,4-7,9H2,1H3,(H,16,19). The van der Waals surface area contributed by atoms with Crippen molar-refractivity contribution < 1.29 is 23.4 Å². The highest BCUT2D eigenvalue weighted by atomic mass is 19.2. The van der Waals surface area contributed by atoms with Crippen molar-refractivity contribution in [3.63, 3.8) is 0 Å². The molecule has 0 saturated heterocycles. The first-order chi connectivity index (χ1) is 9.56. The van der Waals surface area contributed by atoms with E-state index in [1.54, 1.807) is 12.0 Å². The highest BCUT2D eigenvalue weighted by Crippen LogP contribution is 2.12. The number of aliphatic hydroxyl groups excluding tert-OH is 1. The lowest BCUT2D eigenvalue weighted by atomic mass is 10.3. The molecule has 1 aromatic carbocycles. The quantitative estimate of drug-likeness (QED) is 0.744. The summed E-state index contributed by atoms with van der Waals surface area (Å²) in [6.07, 6.45) is 0. The van der Waals surface area contributed by atoms with Crippen LogP contribution in [-0.4, -0.2) is 55.9 Å². The average molecular weight is 288 g/mol. The molecular formula is C13H18F2N2O3. The van der Waals surface area contributed by atoms with E-state index in [4.69, 9.17) is 9.84 Å². The first-order valence-electron chi connectivity index (χ1n) is 6.14. The predicted molar refractivity (Wildman–Crippen MR) is 70.4 cm³/mol. The number of halogens is 2. The van der Waals surface area contributed by atoms with E-state index in [1.165, 1.54) is 6.07 Å². The molecule has 0 atom stereocenters. The number of anilines is 1. The van der Waals surface area contributed by atoms with E-state index < -0.39 is 11.6 Å². The zero-order valence-corrected chi connectivity index (χ0v) is 11.2. The molecule has 0 aliphatic heterocycles. The maximum atomic E-state index is 13.0. The monoisotopic (exact) mass is 288 g/mol. The van der Waals surface area contributed by atoms with Crippen molar-refractivity contribution in [1.29, 1.82) is 0 Å². The van der Waals surface area contributed by atoms with Crippen LogP contribution in [0.15, 0.2) is 18.2 Å². The molecule has 0 radical (unpaired) electrons. The smallest absolute Gasteiger partial charge is 0.238 e. The van der Waals surface area contributed by atoms with E-state index in [1.807, 2.05) is 0 Å². The lowest BCUT2D eigenvalue weighted by Crippen LogP contribution is -2.37. The highest BCUT2D eigenvalue weighted by molar-refractivity contribution is 5.92. The Morgan fingerprint density at radius 2 is 2.10 bits per heavy atom. The molecular weight excluding hydrogens is 270 g/mol. The third-order valence-electron chi connectivity index (χ3n) is 2.60. The number of carbonyl (C=O) groups is 1. The van der Waals surface area contributed by atoms with E-state index in [0.29, 0.717) is 19.7 Å². The molecule has 112 valence electrons. The minimum atomic E-state index is -1.02. The Hall–Kier alpha value is -1.57. The molecule has 2 N–H and O–H groups in total. The van der Waals surface area contributed by atoms with Gasteiger partial charge in [-0.1, -0.05) is 0 Å². The summed E-state index contributed by atoms with van der Waals surface area (Å²) in [5.74, 6) is -2.36. The van der Waals surface area contributed by atoms with Crippen LogP contribution in [0.1, 0.15) is 0 Å². The summed E-state index contributed by atoms with van der Waals surface area (Å²) >= 11 is 0. The maximum Gasteiger partial charge on any atom is 0.238 e. The van der Waals surface area contributed by atoms with Gasteiger partial charge >= 0.3 is 0 Å². The topological polar surface area (TPSA) is 61.8 Å². The third-order valence-corrected chi connectivity index (χ3v) is 2.60. The van der Waals surface area contributed by atoms with E-state index in [2.05, 4.69) is 5.32 Å². The van der Waals surface area contributed by atoms with Crippen LogP contribution in [0.3, 0.4) is 0 Å². The minimum Gasteiger partial charge on any atom is -0.395 e. The molecule has 5 nitrogen and oxygen atoms in total. The molecule has 0 aliphatic rings. The number of amides is 1. The number of hydrogen-bond donors (Lipinski definition) is 2. The number of rotatable bonds is 8. The number of nitrogens with one attached hydrogen (secondary N) is 1. The molecule has 0 heterocycles. The molecule has 1 amide bonds. The fourth-order valence-corrected chi connectivity index (χ4v) is 1.61. The van der Waals surface area contributed by atoms with Gasteiger partial charge in [-0.15, -0.1) is 0 Å². The molecule has 1 rings (SSSR count). The van der Waals surface area contributed by atoms with Crippen LogP contribution < -0.4 is 5.32 Å². The SMILES string of the molecule is COCCN(CCO)CC(=O)Nc1ccc(F)c(F)c1. The van der Waals surface area contributed by atoms with Crippen molar-refractivity contribution in [1.82, 2.24) is 4.90 Å². The zero-order chi connectivity index (χ0) is 15.0.